The maximum absolute atomic E-state index is 4.16. The van der Waals surface area contributed by atoms with E-state index in [4.69, 9.17) is 0 Å². The van der Waals surface area contributed by atoms with Gasteiger partial charge >= 0.3 is 0 Å². The first-order chi connectivity index (χ1) is 9.25. The molecular weight excluding hydrogens is 234 g/mol. The summed E-state index contributed by atoms with van der Waals surface area (Å²) in [6.07, 6.45) is 5.88. The lowest BCUT2D eigenvalue weighted by Crippen LogP contribution is -2.00. The predicted molar refractivity (Wildman–Crippen MR) is 79.2 cm³/mol. The lowest BCUT2D eigenvalue weighted by Gasteiger charge is -2.07. The molecule has 0 aliphatic rings. The third kappa shape index (κ3) is 2.19. The molecular formula is C16H17N3. The molecule has 0 fully saturated rings. The van der Waals surface area contributed by atoms with Gasteiger partial charge in [0.1, 0.15) is 0 Å². The minimum Gasteiger partial charge on any atom is -0.379 e. The highest BCUT2D eigenvalue weighted by atomic mass is 14.9. The molecule has 96 valence electrons. The second-order valence-electron chi connectivity index (χ2n) is 4.83. The molecule has 19 heavy (non-hydrogen) atoms. The molecule has 2 heterocycles. The number of hydrogen-bond donors (Lipinski definition) is 1. The standard InChI is InChI=1S/C16H17N3/c1-12-7-8-17-10-15(12)18-9-13-11-19(2)16-6-4-3-5-14(13)16/h3-8,10-11,18H,9H2,1-2H3. The Morgan fingerprint density at radius 2 is 2.05 bits per heavy atom. The van der Waals surface area contributed by atoms with Crippen molar-refractivity contribution in [1.82, 2.24) is 9.55 Å². The van der Waals surface area contributed by atoms with Gasteiger partial charge in [-0.15, -0.1) is 0 Å². The SMILES string of the molecule is Cc1ccncc1NCc1cn(C)c2ccccc12. The summed E-state index contributed by atoms with van der Waals surface area (Å²) in [4.78, 5) is 4.16. The molecule has 0 saturated heterocycles. The van der Waals surface area contributed by atoms with E-state index in [1.165, 1.54) is 22.0 Å². The zero-order valence-corrected chi connectivity index (χ0v) is 11.2. The van der Waals surface area contributed by atoms with Crippen LogP contribution in [0.1, 0.15) is 11.1 Å². The number of nitrogens with one attached hydrogen (secondary N) is 1. The molecule has 0 saturated carbocycles. The van der Waals surface area contributed by atoms with Gasteiger partial charge in [-0.3, -0.25) is 4.98 Å². The third-order valence-electron chi connectivity index (χ3n) is 3.49. The van der Waals surface area contributed by atoms with Gasteiger partial charge in [0.15, 0.2) is 0 Å². The van der Waals surface area contributed by atoms with Crippen LogP contribution in [0.25, 0.3) is 10.9 Å². The molecule has 1 aromatic carbocycles. The number of aromatic nitrogens is 2. The molecule has 0 bridgehead atoms. The van der Waals surface area contributed by atoms with E-state index in [2.05, 4.69) is 59.3 Å². The highest BCUT2D eigenvalue weighted by Gasteiger charge is 2.06. The zero-order valence-electron chi connectivity index (χ0n) is 11.2. The molecule has 0 amide bonds. The number of fused-ring (bicyclic) bond motifs is 1. The van der Waals surface area contributed by atoms with Crippen molar-refractivity contribution in [3.63, 3.8) is 0 Å². The summed E-state index contributed by atoms with van der Waals surface area (Å²) in [5, 5.41) is 4.76. The average Bonchev–Trinajstić information content (AvgIpc) is 2.75. The maximum atomic E-state index is 4.16. The second-order valence-corrected chi connectivity index (χ2v) is 4.83. The highest BCUT2D eigenvalue weighted by Crippen LogP contribution is 2.21. The van der Waals surface area contributed by atoms with E-state index in [-0.39, 0.29) is 0 Å². The minimum absolute atomic E-state index is 0.813. The van der Waals surface area contributed by atoms with Crippen LogP contribution < -0.4 is 5.32 Å². The first-order valence-corrected chi connectivity index (χ1v) is 6.43. The summed E-state index contributed by atoms with van der Waals surface area (Å²) in [7, 11) is 2.08. The predicted octanol–water partition coefficient (Wildman–Crippen LogP) is 3.49. The molecule has 0 aliphatic heterocycles. The molecule has 0 radical (unpaired) electrons. The summed E-state index contributed by atoms with van der Waals surface area (Å²) in [5.74, 6) is 0. The van der Waals surface area contributed by atoms with Crippen LogP contribution in [0.4, 0.5) is 5.69 Å². The van der Waals surface area contributed by atoms with Gasteiger partial charge in [0.2, 0.25) is 0 Å². The average molecular weight is 251 g/mol. The van der Waals surface area contributed by atoms with E-state index in [1.807, 2.05) is 18.5 Å². The van der Waals surface area contributed by atoms with Crippen LogP contribution in [-0.4, -0.2) is 9.55 Å². The Labute approximate surface area is 112 Å². The number of aryl methyl sites for hydroxylation is 2. The molecule has 3 nitrogen and oxygen atoms in total. The van der Waals surface area contributed by atoms with Crippen molar-refractivity contribution in [3.05, 3.63) is 60.0 Å². The van der Waals surface area contributed by atoms with Crippen LogP contribution in [0.5, 0.6) is 0 Å². The minimum atomic E-state index is 0.813. The topological polar surface area (TPSA) is 29.9 Å². The fourth-order valence-corrected chi connectivity index (χ4v) is 2.41. The number of rotatable bonds is 3. The summed E-state index contributed by atoms with van der Waals surface area (Å²) in [6.45, 7) is 2.90. The highest BCUT2D eigenvalue weighted by molar-refractivity contribution is 5.84. The van der Waals surface area contributed by atoms with Crippen molar-refractivity contribution >= 4 is 16.6 Å². The number of hydrogen-bond acceptors (Lipinski definition) is 2. The number of pyridine rings is 1. The van der Waals surface area contributed by atoms with E-state index < -0.39 is 0 Å². The van der Waals surface area contributed by atoms with Crippen LogP contribution in [0.15, 0.2) is 48.9 Å². The molecule has 0 spiro atoms. The molecule has 0 unspecified atom stereocenters. The Morgan fingerprint density at radius 1 is 1.21 bits per heavy atom. The van der Waals surface area contributed by atoms with Crippen molar-refractivity contribution < 1.29 is 0 Å². The van der Waals surface area contributed by atoms with E-state index in [1.54, 1.807) is 0 Å². The van der Waals surface area contributed by atoms with E-state index in [0.717, 1.165) is 12.2 Å². The van der Waals surface area contributed by atoms with Gasteiger partial charge in [-0.25, -0.2) is 0 Å². The van der Waals surface area contributed by atoms with Gasteiger partial charge in [-0.1, -0.05) is 18.2 Å². The van der Waals surface area contributed by atoms with E-state index in [0.29, 0.717) is 0 Å². The van der Waals surface area contributed by atoms with Crippen LogP contribution in [0.3, 0.4) is 0 Å². The number of para-hydroxylation sites is 1. The first-order valence-electron chi connectivity index (χ1n) is 6.43. The second kappa shape index (κ2) is 4.76. The van der Waals surface area contributed by atoms with Gasteiger partial charge < -0.3 is 9.88 Å². The van der Waals surface area contributed by atoms with Crippen LogP contribution >= 0.6 is 0 Å². The van der Waals surface area contributed by atoms with Gasteiger partial charge in [0.05, 0.1) is 11.9 Å². The molecule has 3 aromatic rings. The van der Waals surface area contributed by atoms with Crippen molar-refractivity contribution in [2.45, 2.75) is 13.5 Å². The summed E-state index contributed by atoms with van der Waals surface area (Å²) in [5.41, 5.74) is 4.88. The lowest BCUT2D eigenvalue weighted by molar-refractivity contribution is 0.955. The normalized spacial score (nSPS) is 10.8. The Balaban J connectivity index is 1.88. The Bertz CT molecular complexity index is 713. The van der Waals surface area contributed by atoms with Crippen LogP contribution in [0.2, 0.25) is 0 Å². The largest absolute Gasteiger partial charge is 0.379 e. The molecule has 3 rings (SSSR count). The maximum Gasteiger partial charge on any atom is 0.0559 e. The Hall–Kier alpha value is -2.29. The van der Waals surface area contributed by atoms with Crippen molar-refractivity contribution in [2.24, 2.45) is 7.05 Å². The van der Waals surface area contributed by atoms with Gasteiger partial charge in [0, 0.05) is 36.9 Å². The molecule has 0 aliphatic carbocycles. The van der Waals surface area contributed by atoms with Crippen molar-refractivity contribution in [3.8, 4) is 0 Å². The van der Waals surface area contributed by atoms with Crippen LogP contribution in [-0.2, 0) is 13.6 Å². The molecule has 2 aromatic heterocycles. The summed E-state index contributed by atoms with van der Waals surface area (Å²) < 4.78 is 2.17. The zero-order chi connectivity index (χ0) is 13.2. The summed E-state index contributed by atoms with van der Waals surface area (Å²) >= 11 is 0. The fraction of sp³-hybridized carbons (Fsp3) is 0.188. The lowest BCUT2D eigenvalue weighted by atomic mass is 10.1. The number of benzene rings is 1. The first kappa shape index (κ1) is 11.8. The van der Waals surface area contributed by atoms with Crippen molar-refractivity contribution in [1.29, 1.82) is 0 Å². The number of anilines is 1. The molecule has 0 atom stereocenters. The molecule has 3 heteroatoms. The van der Waals surface area contributed by atoms with Crippen LogP contribution in [0, 0.1) is 6.92 Å². The van der Waals surface area contributed by atoms with Gasteiger partial charge in [-0.05, 0) is 30.2 Å². The van der Waals surface area contributed by atoms with E-state index in [9.17, 15) is 0 Å². The van der Waals surface area contributed by atoms with Gasteiger partial charge in [-0.2, -0.15) is 0 Å². The van der Waals surface area contributed by atoms with Crippen molar-refractivity contribution in [2.75, 3.05) is 5.32 Å². The Kier molecular flexibility index (Phi) is 2.95. The van der Waals surface area contributed by atoms with E-state index >= 15 is 0 Å². The summed E-state index contributed by atoms with van der Waals surface area (Å²) in [6, 6.07) is 10.5. The monoisotopic (exact) mass is 251 g/mol. The van der Waals surface area contributed by atoms with Gasteiger partial charge in [0.25, 0.3) is 0 Å². The smallest absolute Gasteiger partial charge is 0.0559 e. The quantitative estimate of drug-likeness (QED) is 0.772. The third-order valence-corrected chi connectivity index (χ3v) is 3.49. The fourth-order valence-electron chi connectivity index (χ4n) is 2.41. The Morgan fingerprint density at radius 3 is 2.89 bits per heavy atom. The molecule has 1 N–H and O–H groups in total. The number of nitrogens with zero attached hydrogens (tertiary/aromatic N) is 2.